The first-order chi connectivity index (χ1) is 9.88. The van der Waals surface area contributed by atoms with Crippen molar-refractivity contribution in [1.82, 2.24) is 9.80 Å². The maximum atomic E-state index is 11.3. The summed E-state index contributed by atoms with van der Waals surface area (Å²) in [5, 5.41) is 9.33. The van der Waals surface area contributed by atoms with E-state index >= 15 is 0 Å². The number of rotatable bonds is 5. The van der Waals surface area contributed by atoms with Crippen molar-refractivity contribution in [3.63, 3.8) is 0 Å². The lowest BCUT2D eigenvalue weighted by Crippen LogP contribution is -2.44. The van der Waals surface area contributed by atoms with Crippen LogP contribution in [0.4, 0.5) is 0 Å². The maximum absolute atomic E-state index is 11.3. The van der Waals surface area contributed by atoms with Crippen molar-refractivity contribution < 1.29 is 9.90 Å². The van der Waals surface area contributed by atoms with Gasteiger partial charge in [0.1, 0.15) is 0 Å². The maximum Gasteiger partial charge on any atom is 0.309 e. The van der Waals surface area contributed by atoms with E-state index in [1.165, 1.54) is 5.56 Å². The molecule has 4 heteroatoms. The lowest BCUT2D eigenvalue weighted by atomic mass is 9.84. The van der Waals surface area contributed by atoms with Gasteiger partial charge in [0.25, 0.3) is 0 Å². The Morgan fingerprint density at radius 2 is 1.71 bits per heavy atom. The summed E-state index contributed by atoms with van der Waals surface area (Å²) in [5.74, 6) is -0.739. The van der Waals surface area contributed by atoms with Gasteiger partial charge in [-0.1, -0.05) is 24.3 Å². The molecule has 1 fully saturated rings. The summed E-state index contributed by atoms with van der Waals surface area (Å²) in [6, 6.07) is 8.24. The van der Waals surface area contributed by atoms with Gasteiger partial charge in [-0.05, 0) is 38.4 Å². The van der Waals surface area contributed by atoms with Crippen molar-refractivity contribution in [3.8, 4) is 0 Å². The Kier molecular flexibility index (Phi) is 5.01. The second-order valence-corrected chi connectivity index (χ2v) is 6.71. The molecule has 1 N–H and O–H groups in total. The van der Waals surface area contributed by atoms with Gasteiger partial charge in [0, 0.05) is 32.7 Å². The molecule has 1 saturated heterocycles. The Balaban J connectivity index is 2.08. The molecule has 0 spiro atoms. The summed E-state index contributed by atoms with van der Waals surface area (Å²) in [7, 11) is 2.15. The SMILES string of the molecule is CN1CCN(Cc2ccccc2CC(C)(C)C(=O)O)CC1. The van der Waals surface area contributed by atoms with Crippen LogP contribution in [0.1, 0.15) is 25.0 Å². The minimum atomic E-state index is -0.739. The van der Waals surface area contributed by atoms with Crippen LogP contribution in [0, 0.1) is 5.41 Å². The molecule has 1 aliphatic rings. The van der Waals surface area contributed by atoms with Crippen molar-refractivity contribution >= 4 is 5.97 Å². The fourth-order valence-electron chi connectivity index (χ4n) is 2.68. The molecule has 4 nitrogen and oxygen atoms in total. The Morgan fingerprint density at radius 3 is 2.29 bits per heavy atom. The molecule has 0 atom stereocenters. The smallest absolute Gasteiger partial charge is 0.309 e. The second-order valence-electron chi connectivity index (χ2n) is 6.71. The van der Waals surface area contributed by atoms with Gasteiger partial charge in [-0.25, -0.2) is 0 Å². The normalized spacial score (nSPS) is 17.9. The summed E-state index contributed by atoms with van der Waals surface area (Å²) in [6.45, 7) is 8.86. The summed E-state index contributed by atoms with van der Waals surface area (Å²) in [6.07, 6.45) is 0.576. The zero-order valence-corrected chi connectivity index (χ0v) is 13.3. The lowest BCUT2D eigenvalue weighted by molar-refractivity contribution is -0.146. The van der Waals surface area contributed by atoms with Crippen LogP contribution >= 0.6 is 0 Å². The predicted molar refractivity (Wildman–Crippen MR) is 84.3 cm³/mol. The van der Waals surface area contributed by atoms with Crippen LogP contribution in [0.15, 0.2) is 24.3 Å². The topological polar surface area (TPSA) is 43.8 Å². The molecule has 21 heavy (non-hydrogen) atoms. The molecular formula is C17H26N2O2. The van der Waals surface area contributed by atoms with Crippen LogP contribution in [0.2, 0.25) is 0 Å². The Morgan fingerprint density at radius 1 is 1.14 bits per heavy atom. The minimum absolute atomic E-state index is 0.576. The van der Waals surface area contributed by atoms with Crippen LogP contribution < -0.4 is 0 Å². The average molecular weight is 290 g/mol. The van der Waals surface area contributed by atoms with Gasteiger partial charge in [-0.3, -0.25) is 9.69 Å². The van der Waals surface area contributed by atoms with E-state index in [1.807, 2.05) is 12.1 Å². The molecule has 2 rings (SSSR count). The third-order valence-electron chi connectivity index (χ3n) is 4.32. The number of hydrogen-bond acceptors (Lipinski definition) is 3. The zero-order valence-electron chi connectivity index (χ0n) is 13.3. The quantitative estimate of drug-likeness (QED) is 0.902. The Labute approximate surface area is 127 Å². The molecule has 0 radical (unpaired) electrons. The molecule has 0 aliphatic carbocycles. The van der Waals surface area contributed by atoms with Crippen LogP contribution in [0.3, 0.4) is 0 Å². The van der Waals surface area contributed by atoms with Gasteiger partial charge in [-0.15, -0.1) is 0 Å². The summed E-state index contributed by atoms with van der Waals surface area (Å²) < 4.78 is 0. The van der Waals surface area contributed by atoms with Gasteiger partial charge in [-0.2, -0.15) is 0 Å². The van der Waals surface area contributed by atoms with Crippen LogP contribution in [0.25, 0.3) is 0 Å². The molecule has 0 unspecified atom stereocenters. The molecule has 1 heterocycles. The monoisotopic (exact) mass is 290 g/mol. The van der Waals surface area contributed by atoms with E-state index in [0.717, 1.165) is 38.3 Å². The number of carboxylic acid groups (broad SMARTS) is 1. The molecule has 0 saturated carbocycles. The van der Waals surface area contributed by atoms with E-state index in [-0.39, 0.29) is 0 Å². The molecule has 1 aromatic carbocycles. The van der Waals surface area contributed by atoms with Crippen molar-refractivity contribution in [2.24, 2.45) is 5.41 Å². The van der Waals surface area contributed by atoms with Gasteiger partial charge < -0.3 is 10.0 Å². The van der Waals surface area contributed by atoms with E-state index in [9.17, 15) is 9.90 Å². The van der Waals surface area contributed by atoms with Gasteiger partial charge in [0.15, 0.2) is 0 Å². The van der Waals surface area contributed by atoms with Gasteiger partial charge in [0.05, 0.1) is 5.41 Å². The minimum Gasteiger partial charge on any atom is -0.481 e. The highest BCUT2D eigenvalue weighted by atomic mass is 16.4. The van der Waals surface area contributed by atoms with E-state index < -0.39 is 11.4 Å². The standard InChI is InChI=1S/C17H26N2O2/c1-17(2,16(20)21)12-14-6-4-5-7-15(14)13-19-10-8-18(3)9-11-19/h4-7H,8-13H2,1-3H3,(H,20,21). The molecule has 0 bridgehead atoms. The van der Waals surface area contributed by atoms with Crippen molar-refractivity contribution in [3.05, 3.63) is 35.4 Å². The van der Waals surface area contributed by atoms with Crippen LogP contribution in [-0.4, -0.2) is 54.1 Å². The number of hydrogen-bond donors (Lipinski definition) is 1. The molecular weight excluding hydrogens is 264 g/mol. The summed E-state index contributed by atoms with van der Waals surface area (Å²) in [5.41, 5.74) is 1.69. The highest BCUT2D eigenvalue weighted by Gasteiger charge is 2.28. The third-order valence-corrected chi connectivity index (χ3v) is 4.32. The van der Waals surface area contributed by atoms with Gasteiger partial charge in [0.2, 0.25) is 0 Å². The number of piperazine rings is 1. The highest BCUT2D eigenvalue weighted by molar-refractivity contribution is 5.74. The summed E-state index contributed by atoms with van der Waals surface area (Å²) in [4.78, 5) is 16.1. The van der Waals surface area contributed by atoms with E-state index in [2.05, 4.69) is 29.0 Å². The Hall–Kier alpha value is -1.39. The second kappa shape index (κ2) is 6.58. The number of nitrogens with zero attached hydrogens (tertiary/aromatic N) is 2. The third kappa shape index (κ3) is 4.29. The summed E-state index contributed by atoms with van der Waals surface area (Å²) >= 11 is 0. The average Bonchev–Trinajstić information content (AvgIpc) is 2.43. The van der Waals surface area contributed by atoms with Crippen molar-refractivity contribution in [2.45, 2.75) is 26.8 Å². The number of aliphatic carboxylic acids is 1. The number of likely N-dealkylation sites (N-methyl/N-ethyl adjacent to an activating group) is 1. The largest absolute Gasteiger partial charge is 0.481 e. The fourth-order valence-corrected chi connectivity index (χ4v) is 2.68. The zero-order chi connectivity index (χ0) is 15.5. The van der Waals surface area contributed by atoms with Crippen molar-refractivity contribution in [1.29, 1.82) is 0 Å². The van der Waals surface area contributed by atoms with E-state index in [1.54, 1.807) is 13.8 Å². The van der Waals surface area contributed by atoms with Gasteiger partial charge >= 0.3 is 5.97 Å². The van der Waals surface area contributed by atoms with E-state index in [4.69, 9.17) is 0 Å². The molecule has 0 amide bonds. The van der Waals surface area contributed by atoms with E-state index in [0.29, 0.717) is 6.42 Å². The number of carboxylic acids is 1. The molecule has 1 aliphatic heterocycles. The first kappa shape index (κ1) is 16.0. The first-order valence-corrected chi connectivity index (χ1v) is 7.59. The van der Waals surface area contributed by atoms with Crippen LogP contribution in [0.5, 0.6) is 0 Å². The highest BCUT2D eigenvalue weighted by Crippen LogP contribution is 2.25. The lowest BCUT2D eigenvalue weighted by Gasteiger charge is -2.33. The van der Waals surface area contributed by atoms with Crippen molar-refractivity contribution in [2.75, 3.05) is 33.2 Å². The molecule has 1 aromatic rings. The number of carbonyl (C=O) groups is 1. The first-order valence-electron chi connectivity index (χ1n) is 7.59. The van der Waals surface area contributed by atoms with Crippen LogP contribution in [-0.2, 0) is 17.8 Å². The molecule has 0 aromatic heterocycles. The Bertz CT molecular complexity index is 491. The fraction of sp³-hybridized carbons (Fsp3) is 0.588. The molecule has 116 valence electrons. The predicted octanol–water partition coefficient (Wildman–Crippen LogP) is 2.09. The number of benzene rings is 1.